The van der Waals surface area contributed by atoms with E-state index in [1.54, 1.807) is 0 Å². The van der Waals surface area contributed by atoms with Gasteiger partial charge in [0.15, 0.2) is 0 Å². The first-order chi connectivity index (χ1) is 5.66. The van der Waals surface area contributed by atoms with Crippen molar-refractivity contribution in [3.63, 3.8) is 0 Å². The lowest BCUT2D eigenvalue weighted by Gasteiger charge is -2.19. The van der Waals surface area contributed by atoms with E-state index in [0.717, 1.165) is 6.42 Å². The Balaban J connectivity index is 2.40. The maximum Gasteiger partial charge on any atom is 0.104 e. The summed E-state index contributed by atoms with van der Waals surface area (Å²) in [5.74, 6) is 1.43. The Morgan fingerprint density at radius 1 is 1.50 bits per heavy atom. The van der Waals surface area contributed by atoms with Crippen LogP contribution in [0.4, 0.5) is 0 Å². The first-order valence-corrected chi connectivity index (χ1v) is 4.62. The van der Waals surface area contributed by atoms with Gasteiger partial charge in [-0.3, -0.25) is 0 Å². The molecule has 0 bridgehead atoms. The summed E-state index contributed by atoms with van der Waals surface area (Å²) in [7, 11) is 5.23. The van der Waals surface area contributed by atoms with Gasteiger partial charge >= 0.3 is 0 Å². The average molecular weight is 168 g/mol. The van der Waals surface area contributed by atoms with E-state index in [0.29, 0.717) is 18.4 Å². The zero-order chi connectivity index (χ0) is 9.14. The van der Waals surface area contributed by atoms with Crippen LogP contribution in [-0.4, -0.2) is 32.2 Å². The first-order valence-electron chi connectivity index (χ1n) is 4.62. The molecule has 0 aromatic rings. The molecular weight excluding hydrogens is 151 g/mol. The third-order valence-electron chi connectivity index (χ3n) is 3.11. The second kappa shape index (κ2) is 4.29. The van der Waals surface area contributed by atoms with Crippen molar-refractivity contribution in [1.29, 1.82) is 0 Å². The van der Waals surface area contributed by atoms with E-state index in [1.807, 2.05) is 0 Å². The summed E-state index contributed by atoms with van der Waals surface area (Å²) in [5.41, 5.74) is 0. The summed E-state index contributed by atoms with van der Waals surface area (Å²) in [6, 6.07) is 0. The number of rotatable bonds is 3. The SMILES string of the molecule is [B]COCC1C(O)CC(C)C1C. The van der Waals surface area contributed by atoms with E-state index in [2.05, 4.69) is 13.8 Å². The monoisotopic (exact) mass is 168 g/mol. The molecule has 3 heteroatoms. The molecule has 1 saturated carbocycles. The van der Waals surface area contributed by atoms with Crippen LogP contribution in [0.1, 0.15) is 20.3 Å². The standard InChI is InChI=1S/C9H17BO2/c1-6-3-9(11)8(7(6)2)4-12-5-10/h6-9,11H,3-5H2,1-2H3. The van der Waals surface area contributed by atoms with Gasteiger partial charge in [0.25, 0.3) is 0 Å². The van der Waals surface area contributed by atoms with E-state index >= 15 is 0 Å². The molecule has 0 amide bonds. The van der Waals surface area contributed by atoms with Crippen molar-refractivity contribution in [1.82, 2.24) is 0 Å². The largest absolute Gasteiger partial charge is 0.393 e. The summed E-state index contributed by atoms with van der Waals surface area (Å²) < 4.78 is 5.12. The summed E-state index contributed by atoms with van der Waals surface area (Å²) in [6.07, 6.45) is 0.710. The zero-order valence-electron chi connectivity index (χ0n) is 7.86. The zero-order valence-corrected chi connectivity index (χ0v) is 7.86. The predicted molar refractivity (Wildman–Crippen MR) is 49.0 cm³/mol. The highest BCUT2D eigenvalue weighted by atomic mass is 16.5. The van der Waals surface area contributed by atoms with Gasteiger partial charge in [-0.05, 0) is 18.3 Å². The minimum atomic E-state index is -0.193. The van der Waals surface area contributed by atoms with E-state index < -0.39 is 0 Å². The van der Waals surface area contributed by atoms with Gasteiger partial charge in [-0.15, -0.1) is 0 Å². The van der Waals surface area contributed by atoms with Crippen molar-refractivity contribution in [3.8, 4) is 0 Å². The molecule has 0 heterocycles. The highest BCUT2D eigenvalue weighted by molar-refractivity contribution is 6.08. The number of hydrogen-bond donors (Lipinski definition) is 1. The van der Waals surface area contributed by atoms with Crippen molar-refractivity contribution in [2.24, 2.45) is 17.8 Å². The molecular formula is C9H17BO2. The molecule has 2 radical (unpaired) electrons. The Kier molecular flexibility index (Phi) is 3.60. The van der Waals surface area contributed by atoms with Crippen LogP contribution in [0.5, 0.6) is 0 Å². The minimum Gasteiger partial charge on any atom is -0.393 e. The Morgan fingerprint density at radius 2 is 2.17 bits per heavy atom. The molecule has 0 saturated heterocycles. The Hall–Kier alpha value is -0.0151. The molecule has 4 atom stereocenters. The Bertz CT molecular complexity index is 140. The number of aliphatic hydroxyl groups is 1. The molecule has 12 heavy (non-hydrogen) atoms. The molecule has 0 aromatic carbocycles. The molecule has 68 valence electrons. The third kappa shape index (κ3) is 2.02. The van der Waals surface area contributed by atoms with Gasteiger partial charge in [-0.2, -0.15) is 0 Å². The molecule has 1 aliphatic carbocycles. The van der Waals surface area contributed by atoms with E-state index in [4.69, 9.17) is 12.6 Å². The maximum absolute atomic E-state index is 9.64. The van der Waals surface area contributed by atoms with Gasteiger partial charge in [0, 0.05) is 12.4 Å². The minimum absolute atomic E-state index is 0.193. The van der Waals surface area contributed by atoms with E-state index in [-0.39, 0.29) is 18.5 Å². The number of aliphatic hydroxyl groups excluding tert-OH is 1. The highest BCUT2D eigenvalue weighted by Gasteiger charge is 2.36. The fourth-order valence-corrected chi connectivity index (χ4v) is 2.01. The molecule has 0 spiro atoms. The normalized spacial score (nSPS) is 41.9. The second-order valence-electron chi connectivity index (χ2n) is 3.84. The van der Waals surface area contributed by atoms with E-state index in [1.165, 1.54) is 0 Å². The molecule has 1 N–H and O–H groups in total. The van der Waals surface area contributed by atoms with Crippen molar-refractivity contribution in [3.05, 3.63) is 0 Å². The van der Waals surface area contributed by atoms with Gasteiger partial charge < -0.3 is 9.84 Å². The fourth-order valence-electron chi connectivity index (χ4n) is 2.01. The second-order valence-corrected chi connectivity index (χ2v) is 3.84. The van der Waals surface area contributed by atoms with Crippen LogP contribution in [0.15, 0.2) is 0 Å². The van der Waals surface area contributed by atoms with Crippen LogP contribution in [0.25, 0.3) is 0 Å². The van der Waals surface area contributed by atoms with Crippen LogP contribution >= 0.6 is 0 Å². The van der Waals surface area contributed by atoms with E-state index in [9.17, 15) is 5.11 Å². The molecule has 0 aromatic heterocycles. The van der Waals surface area contributed by atoms with Crippen LogP contribution in [-0.2, 0) is 4.74 Å². The van der Waals surface area contributed by atoms with Gasteiger partial charge in [-0.25, -0.2) is 0 Å². The van der Waals surface area contributed by atoms with Crippen LogP contribution < -0.4 is 0 Å². The highest BCUT2D eigenvalue weighted by Crippen LogP contribution is 2.36. The fraction of sp³-hybridized carbons (Fsp3) is 1.00. The van der Waals surface area contributed by atoms with Gasteiger partial charge in [0.05, 0.1) is 12.7 Å². The van der Waals surface area contributed by atoms with Gasteiger partial charge in [-0.1, -0.05) is 13.8 Å². The quantitative estimate of drug-likeness (QED) is 0.631. The lowest BCUT2D eigenvalue weighted by molar-refractivity contribution is 0.0467. The summed E-state index contributed by atoms with van der Waals surface area (Å²) in [6.45, 7) is 5.20. The summed E-state index contributed by atoms with van der Waals surface area (Å²) in [5, 5.41) is 9.64. The lowest BCUT2D eigenvalue weighted by atomic mass is 9.93. The molecule has 1 rings (SSSR count). The molecule has 2 nitrogen and oxygen atoms in total. The molecule has 1 aliphatic rings. The maximum atomic E-state index is 9.64. The summed E-state index contributed by atoms with van der Waals surface area (Å²) >= 11 is 0. The van der Waals surface area contributed by atoms with Crippen LogP contribution in [0.2, 0.25) is 0 Å². The Morgan fingerprint density at radius 3 is 2.58 bits per heavy atom. The number of ether oxygens (including phenoxy) is 1. The molecule has 1 fully saturated rings. The van der Waals surface area contributed by atoms with Gasteiger partial charge in [0.1, 0.15) is 7.85 Å². The van der Waals surface area contributed by atoms with Crippen molar-refractivity contribution in [2.45, 2.75) is 26.4 Å². The van der Waals surface area contributed by atoms with Crippen LogP contribution in [0.3, 0.4) is 0 Å². The lowest BCUT2D eigenvalue weighted by Crippen LogP contribution is -2.23. The topological polar surface area (TPSA) is 29.5 Å². The smallest absolute Gasteiger partial charge is 0.104 e. The van der Waals surface area contributed by atoms with Crippen molar-refractivity contribution >= 4 is 7.85 Å². The van der Waals surface area contributed by atoms with Crippen molar-refractivity contribution < 1.29 is 9.84 Å². The summed E-state index contributed by atoms with van der Waals surface area (Å²) in [4.78, 5) is 0. The third-order valence-corrected chi connectivity index (χ3v) is 3.11. The Labute approximate surface area is 75.7 Å². The van der Waals surface area contributed by atoms with Crippen LogP contribution in [0, 0.1) is 17.8 Å². The number of hydrogen-bond acceptors (Lipinski definition) is 2. The molecule has 4 unspecified atom stereocenters. The average Bonchev–Trinajstić information content (AvgIpc) is 2.25. The molecule has 0 aliphatic heterocycles. The first kappa shape index (κ1) is 10.1. The predicted octanol–water partition coefficient (Wildman–Crippen LogP) is 0.782. The van der Waals surface area contributed by atoms with Crippen molar-refractivity contribution in [2.75, 3.05) is 13.1 Å². The van der Waals surface area contributed by atoms with Gasteiger partial charge in [0.2, 0.25) is 0 Å².